The van der Waals surface area contributed by atoms with E-state index in [2.05, 4.69) is 4.72 Å². The molecule has 0 bridgehead atoms. The number of nitrogens with one attached hydrogen (secondary N) is 1. The van der Waals surface area contributed by atoms with Crippen LogP contribution in [0.3, 0.4) is 0 Å². The van der Waals surface area contributed by atoms with E-state index in [1.54, 1.807) is 12.1 Å². The van der Waals surface area contributed by atoms with Crippen LogP contribution in [-0.4, -0.2) is 37.2 Å². The minimum atomic E-state index is -3.88. The molecule has 0 unspecified atom stereocenters. The summed E-state index contributed by atoms with van der Waals surface area (Å²) in [6.45, 7) is 1.49. The molecule has 1 aliphatic heterocycles. The van der Waals surface area contributed by atoms with Gasteiger partial charge in [-0.25, -0.2) is 8.42 Å². The highest BCUT2D eigenvalue weighted by Gasteiger charge is 2.19. The summed E-state index contributed by atoms with van der Waals surface area (Å²) in [7, 11) is -3.88. The number of benzene rings is 2. The van der Waals surface area contributed by atoms with Crippen molar-refractivity contribution in [3.05, 3.63) is 64.2 Å². The molecule has 0 radical (unpaired) electrons. The van der Waals surface area contributed by atoms with E-state index in [4.69, 9.17) is 0 Å². The number of sulfonamides is 1. The molecule has 1 fully saturated rings. The van der Waals surface area contributed by atoms with E-state index in [0.717, 1.165) is 50.9 Å². The lowest BCUT2D eigenvalue weighted by Gasteiger charge is -2.20. The van der Waals surface area contributed by atoms with Gasteiger partial charge in [0, 0.05) is 36.5 Å². The second kappa shape index (κ2) is 8.39. The van der Waals surface area contributed by atoms with Gasteiger partial charge in [0.1, 0.15) is 0 Å². The van der Waals surface area contributed by atoms with E-state index in [-0.39, 0.29) is 16.5 Å². The largest absolute Gasteiger partial charge is 0.339 e. The summed E-state index contributed by atoms with van der Waals surface area (Å²) in [5.41, 5.74) is 0.640. The van der Waals surface area contributed by atoms with Crippen LogP contribution in [-0.2, 0) is 10.0 Å². The summed E-state index contributed by atoms with van der Waals surface area (Å²) in [4.78, 5) is 24.4. The number of nitro groups is 1. The summed E-state index contributed by atoms with van der Waals surface area (Å²) < 4.78 is 27.3. The zero-order valence-electron chi connectivity index (χ0n) is 15.2. The molecule has 2 aromatic rings. The molecular formula is C19H21N3O5S. The number of amides is 1. The summed E-state index contributed by atoms with van der Waals surface area (Å²) in [5.74, 6) is -0.0494. The van der Waals surface area contributed by atoms with Crippen molar-refractivity contribution in [3.8, 4) is 0 Å². The van der Waals surface area contributed by atoms with Gasteiger partial charge in [0.05, 0.1) is 9.82 Å². The average molecular weight is 403 g/mol. The summed E-state index contributed by atoms with van der Waals surface area (Å²) in [6, 6.07) is 10.9. The van der Waals surface area contributed by atoms with Gasteiger partial charge in [-0.05, 0) is 49.2 Å². The number of likely N-dealkylation sites (tertiary alicyclic amines) is 1. The first-order valence-corrected chi connectivity index (χ1v) is 10.5. The third kappa shape index (κ3) is 4.66. The topological polar surface area (TPSA) is 110 Å². The van der Waals surface area contributed by atoms with Crippen LogP contribution in [0.15, 0.2) is 53.4 Å². The van der Waals surface area contributed by atoms with Crippen LogP contribution in [0, 0.1) is 10.1 Å². The van der Waals surface area contributed by atoms with Gasteiger partial charge < -0.3 is 4.90 Å². The Balaban J connectivity index is 1.70. The fourth-order valence-electron chi connectivity index (χ4n) is 3.10. The fraction of sp³-hybridized carbons (Fsp3) is 0.316. The highest BCUT2D eigenvalue weighted by Crippen LogP contribution is 2.20. The van der Waals surface area contributed by atoms with E-state index in [9.17, 15) is 23.3 Å². The van der Waals surface area contributed by atoms with E-state index >= 15 is 0 Å². The maximum absolute atomic E-state index is 12.6. The molecule has 28 heavy (non-hydrogen) atoms. The molecule has 1 heterocycles. The molecule has 1 saturated heterocycles. The Morgan fingerprint density at radius 3 is 2.04 bits per heavy atom. The van der Waals surface area contributed by atoms with E-state index < -0.39 is 14.9 Å². The molecule has 1 aliphatic rings. The standard InChI is InChI=1S/C19H21N3O5S/c23-19(21-13-3-1-2-4-14-21)15-5-7-16(8-6-15)20-28(26,27)18-11-9-17(10-12-18)22(24)25/h5-12,20H,1-4,13-14H2. The van der Waals surface area contributed by atoms with Gasteiger partial charge >= 0.3 is 0 Å². The van der Waals surface area contributed by atoms with Crippen LogP contribution >= 0.6 is 0 Å². The first kappa shape index (κ1) is 19.8. The number of hydrogen-bond acceptors (Lipinski definition) is 5. The van der Waals surface area contributed by atoms with Crippen LogP contribution in [0.1, 0.15) is 36.0 Å². The minimum Gasteiger partial charge on any atom is -0.339 e. The third-order valence-electron chi connectivity index (χ3n) is 4.64. The molecule has 1 N–H and O–H groups in total. The number of nitro benzene ring substituents is 1. The predicted molar refractivity (Wildman–Crippen MR) is 105 cm³/mol. The molecule has 2 aromatic carbocycles. The van der Waals surface area contributed by atoms with Crippen LogP contribution in [0.2, 0.25) is 0 Å². The number of rotatable bonds is 5. The number of hydrogen-bond donors (Lipinski definition) is 1. The Morgan fingerprint density at radius 1 is 0.929 bits per heavy atom. The lowest BCUT2D eigenvalue weighted by Crippen LogP contribution is -2.31. The van der Waals surface area contributed by atoms with Crippen LogP contribution in [0.5, 0.6) is 0 Å². The Bertz CT molecular complexity index is 948. The Hall–Kier alpha value is -2.94. The highest BCUT2D eigenvalue weighted by molar-refractivity contribution is 7.92. The first-order chi connectivity index (χ1) is 13.4. The second-order valence-corrected chi connectivity index (χ2v) is 8.32. The zero-order valence-corrected chi connectivity index (χ0v) is 16.0. The smallest absolute Gasteiger partial charge is 0.269 e. The van der Waals surface area contributed by atoms with Gasteiger partial charge in [-0.1, -0.05) is 12.8 Å². The summed E-state index contributed by atoms with van der Waals surface area (Å²) >= 11 is 0. The fourth-order valence-corrected chi connectivity index (χ4v) is 4.16. The number of non-ortho nitro benzene ring substituents is 1. The molecule has 0 aliphatic carbocycles. The maximum atomic E-state index is 12.6. The predicted octanol–water partition coefficient (Wildman–Crippen LogP) is 3.41. The third-order valence-corrected chi connectivity index (χ3v) is 6.03. The van der Waals surface area contributed by atoms with Crippen molar-refractivity contribution in [1.82, 2.24) is 4.90 Å². The molecule has 1 amide bonds. The van der Waals surface area contributed by atoms with Crippen molar-refractivity contribution in [2.24, 2.45) is 0 Å². The normalized spacial score (nSPS) is 14.9. The highest BCUT2D eigenvalue weighted by atomic mass is 32.2. The van der Waals surface area contributed by atoms with Crippen LogP contribution in [0.25, 0.3) is 0 Å². The van der Waals surface area contributed by atoms with Gasteiger partial charge in [0.2, 0.25) is 0 Å². The SMILES string of the molecule is O=C(c1ccc(NS(=O)(=O)c2ccc([N+](=O)[O-])cc2)cc1)N1CCCCCC1. The van der Waals surface area contributed by atoms with Crippen molar-refractivity contribution in [2.75, 3.05) is 17.8 Å². The second-order valence-electron chi connectivity index (χ2n) is 6.64. The maximum Gasteiger partial charge on any atom is 0.269 e. The molecule has 0 saturated carbocycles. The van der Waals surface area contributed by atoms with E-state index in [1.807, 2.05) is 4.90 Å². The van der Waals surface area contributed by atoms with Crippen LogP contribution in [0.4, 0.5) is 11.4 Å². The Labute approximate surface area is 163 Å². The molecule has 3 rings (SSSR count). The first-order valence-electron chi connectivity index (χ1n) is 9.03. The molecular weight excluding hydrogens is 382 g/mol. The lowest BCUT2D eigenvalue weighted by atomic mass is 10.2. The van der Waals surface area contributed by atoms with Gasteiger partial charge in [-0.2, -0.15) is 0 Å². The quantitative estimate of drug-likeness (QED) is 0.608. The van der Waals surface area contributed by atoms with Gasteiger partial charge in [0.25, 0.3) is 21.6 Å². The Morgan fingerprint density at radius 2 is 1.50 bits per heavy atom. The van der Waals surface area contributed by atoms with Gasteiger partial charge in [-0.15, -0.1) is 0 Å². The van der Waals surface area contributed by atoms with Crippen molar-refractivity contribution >= 4 is 27.3 Å². The molecule has 8 nitrogen and oxygen atoms in total. The monoisotopic (exact) mass is 403 g/mol. The van der Waals surface area contributed by atoms with Gasteiger partial charge in [-0.3, -0.25) is 19.6 Å². The van der Waals surface area contributed by atoms with Gasteiger partial charge in [0.15, 0.2) is 0 Å². The number of carbonyl (C=O) groups excluding carboxylic acids is 1. The van der Waals surface area contributed by atoms with Crippen molar-refractivity contribution in [2.45, 2.75) is 30.6 Å². The summed E-state index contributed by atoms with van der Waals surface area (Å²) in [5, 5.41) is 10.7. The number of nitrogens with zero attached hydrogens (tertiary/aromatic N) is 2. The molecule has 0 atom stereocenters. The molecule has 0 spiro atoms. The number of carbonyl (C=O) groups is 1. The van der Waals surface area contributed by atoms with Crippen molar-refractivity contribution < 1.29 is 18.1 Å². The number of anilines is 1. The van der Waals surface area contributed by atoms with E-state index in [0.29, 0.717) is 11.3 Å². The van der Waals surface area contributed by atoms with Crippen LogP contribution < -0.4 is 4.72 Å². The van der Waals surface area contributed by atoms with Crippen molar-refractivity contribution in [3.63, 3.8) is 0 Å². The molecule has 0 aromatic heterocycles. The Kier molecular flexibility index (Phi) is 5.93. The van der Waals surface area contributed by atoms with E-state index in [1.165, 1.54) is 24.3 Å². The van der Waals surface area contributed by atoms with Crippen molar-refractivity contribution in [1.29, 1.82) is 0 Å². The molecule has 9 heteroatoms. The lowest BCUT2D eigenvalue weighted by molar-refractivity contribution is -0.384. The molecule has 148 valence electrons. The average Bonchev–Trinajstić information content (AvgIpc) is 2.97. The zero-order chi connectivity index (χ0) is 20.1. The summed E-state index contributed by atoms with van der Waals surface area (Å²) in [6.07, 6.45) is 4.26. The minimum absolute atomic E-state index is 0.0494.